The summed E-state index contributed by atoms with van der Waals surface area (Å²) in [5.41, 5.74) is 1.99. The van der Waals surface area contributed by atoms with Gasteiger partial charge in [0.2, 0.25) is 0 Å². The Morgan fingerprint density at radius 2 is 2.08 bits per heavy atom. The summed E-state index contributed by atoms with van der Waals surface area (Å²) in [7, 11) is 0. The van der Waals surface area contributed by atoms with Gasteiger partial charge in [0, 0.05) is 29.5 Å². The van der Waals surface area contributed by atoms with Gasteiger partial charge in [-0.15, -0.1) is 0 Å². The summed E-state index contributed by atoms with van der Waals surface area (Å²) in [4.78, 5) is 5.25. The standard InChI is InChI=1S/C19H17BrClFN2O/c1-19(25)10-24(8-11-5-3-2-4-6-11)9-12-15-13(20)7-14(21)16(22)17(15)23-18(12)19/h2-7,23,25H,8-10H2,1H3. The van der Waals surface area contributed by atoms with E-state index in [-0.39, 0.29) is 5.02 Å². The number of halogens is 3. The number of benzene rings is 2. The highest BCUT2D eigenvalue weighted by atomic mass is 79.9. The maximum Gasteiger partial charge on any atom is 0.165 e. The number of hydrogen-bond donors (Lipinski definition) is 2. The van der Waals surface area contributed by atoms with Crippen LogP contribution in [-0.4, -0.2) is 21.5 Å². The molecule has 1 aromatic heterocycles. The number of nitrogens with zero attached hydrogens (tertiary/aromatic N) is 1. The molecule has 1 unspecified atom stereocenters. The quantitative estimate of drug-likeness (QED) is 0.573. The van der Waals surface area contributed by atoms with Gasteiger partial charge in [0.1, 0.15) is 5.60 Å². The van der Waals surface area contributed by atoms with E-state index in [9.17, 15) is 9.50 Å². The van der Waals surface area contributed by atoms with Crippen molar-refractivity contribution in [1.29, 1.82) is 0 Å². The van der Waals surface area contributed by atoms with Crippen LogP contribution in [0.25, 0.3) is 10.9 Å². The van der Waals surface area contributed by atoms with E-state index in [0.717, 1.165) is 22.0 Å². The van der Waals surface area contributed by atoms with Gasteiger partial charge >= 0.3 is 0 Å². The molecule has 0 radical (unpaired) electrons. The first-order chi connectivity index (χ1) is 11.9. The first-order valence-electron chi connectivity index (χ1n) is 8.04. The maximum absolute atomic E-state index is 14.5. The number of aromatic nitrogens is 1. The minimum Gasteiger partial charge on any atom is -0.383 e. The molecule has 25 heavy (non-hydrogen) atoms. The molecule has 3 nitrogen and oxygen atoms in total. The minimum absolute atomic E-state index is 0.0544. The summed E-state index contributed by atoms with van der Waals surface area (Å²) in [6, 6.07) is 11.7. The molecular formula is C19H17BrClFN2O. The Hall–Kier alpha value is -1.40. The number of nitrogens with one attached hydrogen (secondary N) is 1. The lowest BCUT2D eigenvalue weighted by Crippen LogP contribution is -2.43. The highest BCUT2D eigenvalue weighted by molar-refractivity contribution is 9.10. The predicted octanol–water partition coefficient (Wildman–Crippen LogP) is 4.95. The summed E-state index contributed by atoms with van der Waals surface area (Å²) >= 11 is 9.46. The lowest BCUT2D eigenvalue weighted by Gasteiger charge is -2.37. The van der Waals surface area contributed by atoms with Crippen molar-refractivity contribution < 1.29 is 9.50 Å². The summed E-state index contributed by atoms with van der Waals surface area (Å²) in [5.74, 6) is -0.486. The molecule has 130 valence electrons. The van der Waals surface area contributed by atoms with Gasteiger partial charge in [-0.05, 0) is 24.1 Å². The van der Waals surface area contributed by atoms with Crippen LogP contribution in [0.2, 0.25) is 5.02 Å². The SMILES string of the molecule is CC1(O)CN(Cc2ccccc2)Cc2c1[nH]c1c(F)c(Cl)cc(Br)c21. The Morgan fingerprint density at radius 1 is 1.36 bits per heavy atom. The van der Waals surface area contributed by atoms with Gasteiger partial charge in [-0.25, -0.2) is 4.39 Å². The Labute approximate surface area is 158 Å². The molecule has 2 heterocycles. The fourth-order valence-electron chi connectivity index (χ4n) is 3.70. The average Bonchev–Trinajstić information content (AvgIpc) is 2.94. The first-order valence-corrected chi connectivity index (χ1v) is 9.21. The molecule has 3 aromatic rings. The van der Waals surface area contributed by atoms with Gasteiger partial charge in [0.15, 0.2) is 5.82 Å². The van der Waals surface area contributed by atoms with E-state index < -0.39 is 11.4 Å². The first kappa shape index (κ1) is 17.0. The molecule has 1 aliphatic rings. The van der Waals surface area contributed by atoms with Crippen molar-refractivity contribution in [3.8, 4) is 0 Å². The Balaban J connectivity index is 1.82. The maximum atomic E-state index is 14.5. The van der Waals surface area contributed by atoms with Crippen LogP contribution in [0.4, 0.5) is 4.39 Å². The van der Waals surface area contributed by atoms with Crippen molar-refractivity contribution in [2.45, 2.75) is 25.6 Å². The molecule has 0 bridgehead atoms. The number of aromatic amines is 1. The van der Waals surface area contributed by atoms with Crippen molar-refractivity contribution >= 4 is 38.4 Å². The fourth-order valence-corrected chi connectivity index (χ4v) is 4.70. The normalized spacial score (nSPS) is 20.8. The van der Waals surface area contributed by atoms with Gasteiger partial charge in [-0.1, -0.05) is 57.9 Å². The molecule has 0 aliphatic carbocycles. The van der Waals surface area contributed by atoms with Crippen molar-refractivity contribution in [2.75, 3.05) is 6.54 Å². The molecule has 6 heteroatoms. The zero-order valence-corrected chi connectivity index (χ0v) is 16.0. The van der Waals surface area contributed by atoms with E-state index in [4.69, 9.17) is 11.6 Å². The van der Waals surface area contributed by atoms with Gasteiger partial charge < -0.3 is 10.1 Å². The molecule has 0 amide bonds. The third-order valence-electron chi connectivity index (χ3n) is 4.73. The molecule has 2 aromatic carbocycles. The van der Waals surface area contributed by atoms with Crippen molar-refractivity contribution in [3.05, 3.63) is 68.5 Å². The monoisotopic (exact) mass is 422 g/mol. The number of rotatable bonds is 2. The Kier molecular flexibility index (Phi) is 4.15. The second kappa shape index (κ2) is 6.09. The Morgan fingerprint density at radius 3 is 2.80 bits per heavy atom. The number of aliphatic hydroxyl groups is 1. The number of β-amino-alcohol motifs (C(OH)–C–C–N with tert-alkyl or cyclic N) is 1. The molecule has 0 fully saturated rings. The second-order valence-electron chi connectivity index (χ2n) is 6.79. The fraction of sp³-hybridized carbons (Fsp3) is 0.263. The topological polar surface area (TPSA) is 39.3 Å². The van der Waals surface area contributed by atoms with E-state index in [0.29, 0.717) is 24.3 Å². The van der Waals surface area contributed by atoms with Crippen LogP contribution >= 0.6 is 27.5 Å². The van der Waals surface area contributed by atoms with Crippen molar-refractivity contribution in [1.82, 2.24) is 9.88 Å². The molecule has 2 N–H and O–H groups in total. The third kappa shape index (κ3) is 2.89. The van der Waals surface area contributed by atoms with E-state index in [1.54, 1.807) is 13.0 Å². The molecule has 4 rings (SSSR count). The smallest absolute Gasteiger partial charge is 0.165 e. The van der Waals surface area contributed by atoms with E-state index in [2.05, 4.69) is 37.9 Å². The van der Waals surface area contributed by atoms with E-state index in [1.165, 1.54) is 5.56 Å². The highest BCUT2D eigenvalue weighted by Crippen LogP contribution is 2.41. The molecule has 0 spiro atoms. The van der Waals surface area contributed by atoms with E-state index in [1.807, 2.05) is 18.2 Å². The van der Waals surface area contributed by atoms with Gasteiger partial charge in [-0.3, -0.25) is 4.90 Å². The zero-order valence-electron chi connectivity index (χ0n) is 13.6. The molecule has 0 saturated heterocycles. The van der Waals surface area contributed by atoms with Gasteiger partial charge in [0.05, 0.1) is 16.2 Å². The summed E-state index contributed by atoms with van der Waals surface area (Å²) in [6.07, 6.45) is 0. The van der Waals surface area contributed by atoms with Crippen molar-refractivity contribution in [3.63, 3.8) is 0 Å². The van der Waals surface area contributed by atoms with Crippen LogP contribution in [0.1, 0.15) is 23.7 Å². The second-order valence-corrected chi connectivity index (χ2v) is 8.05. The summed E-state index contributed by atoms with van der Waals surface area (Å²) in [6.45, 7) is 3.57. The van der Waals surface area contributed by atoms with Crippen molar-refractivity contribution in [2.24, 2.45) is 0 Å². The van der Waals surface area contributed by atoms with Crippen LogP contribution < -0.4 is 0 Å². The molecule has 1 aliphatic heterocycles. The largest absolute Gasteiger partial charge is 0.383 e. The Bertz CT molecular complexity index is 955. The highest BCUT2D eigenvalue weighted by Gasteiger charge is 2.37. The lowest BCUT2D eigenvalue weighted by molar-refractivity contribution is -0.00587. The molecule has 0 saturated carbocycles. The zero-order chi connectivity index (χ0) is 17.8. The number of H-pyrrole nitrogens is 1. The minimum atomic E-state index is -1.10. The van der Waals surface area contributed by atoms with Crippen LogP contribution in [-0.2, 0) is 18.7 Å². The van der Waals surface area contributed by atoms with Crippen LogP contribution in [0.3, 0.4) is 0 Å². The van der Waals surface area contributed by atoms with Gasteiger partial charge in [-0.2, -0.15) is 0 Å². The molecular weight excluding hydrogens is 407 g/mol. The number of hydrogen-bond acceptors (Lipinski definition) is 2. The number of fused-ring (bicyclic) bond motifs is 3. The van der Waals surface area contributed by atoms with Crippen LogP contribution in [0.5, 0.6) is 0 Å². The van der Waals surface area contributed by atoms with Crippen LogP contribution in [0, 0.1) is 5.82 Å². The third-order valence-corrected chi connectivity index (χ3v) is 5.63. The van der Waals surface area contributed by atoms with Crippen LogP contribution in [0.15, 0.2) is 40.9 Å². The molecule has 1 atom stereocenters. The summed E-state index contributed by atoms with van der Waals surface area (Å²) < 4.78 is 15.2. The average molecular weight is 424 g/mol. The predicted molar refractivity (Wildman–Crippen MR) is 101 cm³/mol. The lowest BCUT2D eigenvalue weighted by atomic mass is 9.92. The van der Waals surface area contributed by atoms with Gasteiger partial charge in [0.25, 0.3) is 0 Å². The summed E-state index contributed by atoms with van der Waals surface area (Å²) in [5, 5.41) is 11.8. The van der Waals surface area contributed by atoms with E-state index >= 15 is 0 Å².